The molecule has 0 aliphatic heterocycles. The number of benzene rings is 2. The molecule has 0 amide bonds. The van der Waals surface area contributed by atoms with Gasteiger partial charge in [-0.15, -0.1) is 0 Å². The van der Waals surface area contributed by atoms with Crippen molar-refractivity contribution >= 4 is 27.7 Å². The lowest BCUT2D eigenvalue weighted by Gasteiger charge is -2.20. The van der Waals surface area contributed by atoms with Crippen LogP contribution >= 0.6 is 0 Å². The molecule has 0 aromatic heterocycles. The molecule has 1 atom stereocenters. The summed E-state index contributed by atoms with van der Waals surface area (Å²) < 4.78 is 26.5. The first-order chi connectivity index (χ1) is 13.2. The largest absolute Gasteiger partial charge is 0.373 e. The Labute approximate surface area is 164 Å². The molecule has 0 aliphatic carbocycles. The first-order valence-electron chi connectivity index (χ1n) is 8.84. The van der Waals surface area contributed by atoms with Crippen LogP contribution in [0, 0.1) is 10.1 Å². The van der Waals surface area contributed by atoms with Crippen LogP contribution in [0.3, 0.4) is 0 Å². The zero-order chi connectivity index (χ0) is 20.9. The van der Waals surface area contributed by atoms with Crippen molar-refractivity contribution in [3.63, 3.8) is 0 Å². The molecule has 8 nitrogen and oxygen atoms in total. The monoisotopic (exact) mass is 405 g/mol. The van der Waals surface area contributed by atoms with Crippen molar-refractivity contribution in [2.24, 2.45) is 0 Å². The van der Waals surface area contributed by atoms with Gasteiger partial charge in [0.1, 0.15) is 12.0 Å². The number of nitrogens with one attached hydrogen (secondary N) is 1. The molecule has 0 fully saturated rings. The lowest BCUT2D eigenvalue weighted by molar-refractivity contribution is -0.384. The number of carbonyl (C=O) groups excluding carboxylic acids is 1. The molecule has 0 heterocycles. The highest BCUT2D eigenvalue weighted by molar-refractivity contribution is 7.89. The number of nitro benzene ring substituents is 1. The molecule has 2 rings (SSSR count). The van der Waals surface area contributed by atoms with E-state index in [0.29, 0.717) is 19.4 Å². The van der Waals surface area contributed by atoms with Crippen molar-refractivity contribution in [2.45, 2.75) is 31.7 Å². The quantitative estimate of drug-likeness (QED) is 0.388. The average Bonchev–Trinajstić information content (AvgIpc) is 2.68. The Morgan fingerprint density at radius 2 is 1.75 bits per heavy atom. The predicted molar refractivity (Wildman–Crippen MR) is 107 cm³/mol. The van der Waals surface area contributed by atoms with Crippen LogP contribution in [-0.2, 0) is 10.0 Å². The number of aldehydes is 1. The molecule has 0 unspecified atom stereocenters. The lowest BCUT2D eigenvalue weighted by Crippen LogP contribution is -2.30. The van der Waals surface area contributed by atoms with Crippen molar-refractivity contribution in [2.75, 3.05) is 18.4 Å². The van der Waals surface area contributed by atoms with E-state index in [1.54, 1.807) is 26.0 Å². The molecule has 0 saturated carbocycles. The van der Waals surface area contributed by atoms with Gasteiger partial charge >= 0.3 is 0 Å². The van der Waals surface area contributed by atoms with E-state index in [0.717, 1.165) is 5.56 Å². The van der Waals surface area contributed by atoms with E-state index >= 15 is 0 Å². The topological polar surface area (TPSA) is 110 Å². The van der Waals surface area contributed by atoms with Crippen LogP contribution in [0.4, 0.5) is 11.4 Å². The summed E-state index contributed by atoms with van der Waals surface area (Å²) in [5, 5.41) is 14.3. The summed E-state index contributed by atoms with van der Waals surface area (Å²) in [6, 6.07) is 10.3. The number of anilines is 1. The second kappa shape index (κ2) is 8.94. The molecule has 9 heteroatoms. The molecule has 28 heavy (non-hydrogen) atoms. The number of hydrogen-bond acceptors (Lipinski definition) is 6. The van der Waals surface area contributed by atoms with Gasteiger partial charge in [-0.3, -0.25) is 14.9 Å². The van der Waals surface area contributed by atoms with Gasteiger partial charge in [-0.1, -0.05) is 26.0 Å². The summed E-state index contributed by atoms with van der Waals surface area (Å²) in [5.41, 5.74) is 1.07. The van der Waals surface area contributed by atoms with Crippen LogP contribution in [0.15, 0.2) is 47.4 Å². The number of rotatable bonds is 9. The van der Waals surface area contributed by atoms with Gasteiger partial charge in [-0.25, -0.2) is 8.42 Å². The van der Waals surface area contributed by atoms with Crippen LogP contribution < -0.4 is 5.32 Å². The third-order valence-electron chi connectivity index (χ3n) is 4.45. The van der Waals surface area contributed by atoms with Crippen molar-refractivity contribution < 1.29 is 18.1 Å². The Bertz CT molecular complexity index is 954. The fourth-order valence-electron chi connectivity index (χ4n) is 2.85. The molecule has 0 aliphatic rings. The number of nitro groups is 1. The lowest BCUT2D eigenvalue weighted by atomic mass is 10.1. The summed E-state index contributed by atoms with van der Waals surface area (Å²) in [6.07, 6.45) is 0.551. The van der Waals surface area contributed by atoms with Gasteiger partial charge in [0.15, 0.2) is 0 Å². The molecule has 2 aromatic carbocycles. The highest BCUT2D eigenvalue weighted by Gasteiger charge is 2.22. The maximum atomic E-state index is 12.6. The Balaban J connectivity index is 2.26. The number of nitrogens with zero attached hydrogens (tertiary/aromatic N) is 2. The second-order valence-electron chi connectivity index (χ2n) is 6.18. The predicted octanol–water partition coefficient (Wildman–Crippen LogP) is 3.61. The third-order valence-corrected chi connectivity index (χ3v) is 6.51. The fourth-order valence-corrected chi connectivity index (χ4v) is 4.31. The summed E-state index contributed by atoms with van der Waals surface area (Å²) >= 11 is 0. The van der Waals surface area contributed by atoms with Crippen molar-refractivity contribution in [3.05, 3.63) is 63.7 Å². The van der Waals surface area contributed by atoms with Crippen LogP contribution in [-0.4, -0.2) is 37.0 Å². The fraction of sp³-hybridized carbons (Fsp3) is 0.316. The maximum absolute atomic E-state index is 12.6. The average molecular weight is 405 g/mol. The standard InChI is InChI=1S/C19H23N3O5S/c1-4-21(5-2)28(26,27)17-9-7-16(8-10-17)14(3)20-18-11-6-15(13-23)12-19(18)22(24)25/h6-14,20H,4-5H2,1-3H3/t14-/m0/s1. The zero-order valence-electron chi connectivity index (χ0n) is 16.0. The molecule has 0 saturated heterocycles. The van der Waals surface area contributed by atoms with Crippen LogP contribution in [0.25, 0.3) is 0 Å². The van der Waals surface area contributed by atoms with Gasteiger partial charge in [0, 0.05) is 30.8 Å². The summed E-state index contributed by atoms with van der Waals surface area (Å²) in [6.45, 7) is 6.15. The summed E-state index contributed by atoms with van der Waals surface area (Å²) in [5.74, 6) is 0. The SMILES string of the molecule is CCN(CC)S(=O)(=O)c1ccc([C@H](C)Nc2ccc(C=O)cc2[N+](=O)[O-])cc1. The molecular weight excluding hydrogens is 382 g/mol. The number of sulfonamides is 1. The van der Waals surface area contributed by atoms with Crippen LogP contribution in [0.1, 0.15) is 42.7 Å². The van der Waals surface area contributed by atoms with Gasteiger partial charge in [0.25, 0.3) is 5.69 Å². The minimum Gasteiger partial charge on any atom is -0.373 e. The third kappa shape index (κ3) is 4.55. The molecule has 0 bridgehead atoms. The molecule has 2 aromatic rings. The molecular formula is C19H23N3O5S. The summed E-state index contributed by atoms with van der Waals surface area (Å²) in [4.78, 5) is 21.8. The minimum atomic E-state index is -3.54. The van der Waals surface area contributed by atoms with Crippen LogP contribution in [0.2, 0.25) is 0 Å². The summed E-state index contributed by atoms with van der Waals surface area (Å²) in [7, 11) is -3.54. The molecule has 1 N–H and O–H groups in total. The van der Waals surface area contributed by atoms with Gasteiger partial charge in [-0.05, 0) is 36.8 Å². The zero-order valence-corrected chi connectivity index (χ0v) is 16.8. The van der Waals surface area contributed by atoms with E-state index < -0.39 is 14.9 Å². The van der Waals surface area contributed by atoms with E-state index in [9.17, 15) is 23.3 Å². The second-order valence-corrected chi connectivity index (χ2v) is 8.11. The van der Waals surface area contributed by atoms with E-state index in [1.807, 2.05) is 6.92 Å². The maximum Gasteiger partial charge on any atom is 0.293 e. The van der Waals surface area contributed by atoms with Crippen molar-refractivity contribution in [1.29, 1.82) is 0 Å². The normalized spacial score (nSPS) is 12.6. The Morgan fingerprint density at radius 3 is 2.25 bits per heavy atom. The van der Waals surface area contributed by atoms with Gasteiger partial charge in [0.2, 0.25) is 10.0 Å². The molecule has 0 spiro atoms. The Morgan fingerprint density at radius 1 is 1.14 bits per heavy atom. The molecule has 0 radical (unpaired) electrons. The van der Waals surface area contributed by atoms with Gasteiger partial charge in [-0.2, -0.15) is 4.31 Å². The first kappa shape index (κ1) is 21.5. The van der Waals surface area contributed by atoms with E-state index in [4.69, 9.17) is 0 Å². The first-order valence-corrected chi connectivity index (χ1v) is 10.3. The molecule has 150 valence electrons. The number of carbonyl (C=O) groups is 1. The van der Waals surface area contributed by atoms with Crippen molar-refractivity contribution in [3.8, 4) is 0 Å². The highest BCUT2D eigenvalue weighted by Crippen LogP contribution is 2.29. The van der Waals surface area contributed by atoms with E-state index in [2.05, 4.69) is 5.32 Å². The van der Waals surface area contributed by atoms with Crippen LogP contribution in [0.5, 0.6) is 0 Å². The van der Waals surface area contributed by atoms with Crippen molar-refractivity contribution in [1.82, 2.24) is 4.31 Å². The van der Waals surface area contributed by atoms with E-state index in [-0.39, 0.29) is 27.9 Å². The minimum absolute atomic E-state index is 0.197. The Hall–Kier alpha value is -2.78. The van der Waals surface area contributed by atoms with Gasteiger partial charge in [0.05, 0.1) is 9.82 Å². The smallest absolute Gasteiger partial charge is 0.293 e. The van der Waals surface area contributed by atoms with Gasteiger partial charge < -0.3 is 5.32 Å². The Kier molecular flexibility index (Phi) is 6.87. The highest BCUT2D eigenvalue weighted by atomic mass is 32.2. The van der Waals surface area contributed by atoms with E-state index in [1.165, 1.54) is 34.6 Å². The number of hydrogen-bond donors (Lipinski definition) is 1.